The number of aliphatic imine (C=N–C) groups is 1. The lowest BCUT2D eigenvalue weighted by Crippen LogP contribution is -2.56. The van der Waals surface area contributed by atoms with Gasteiger partial charge in [0.05, 0.1) is 17.3 Å². The predicted molar refractivity (Wildman–Crippen MR) is 102 cm³/mol. The van der Waals surface area contributed by atoms with Gasteiger partial charge in [0.25, 0.3) is 0 Å². The van der Waals surface area contributed by atoms with E-state index in [9.17, 15) is 0 Å². The fourth-order valence-electron chi connectivity index (χ4n) is 3.40. The van der Waals surface area contributed by atoms with Crippen LogP contribution in [0.4, 0.5) is 5.69 Å². The average Bonchev–Trinajstić information content (AvgIpc) is 2.66. The third kappa shape index (κ3) is 2.86. The molecule has 0 saturated carbocycles. The predicted octanol–water partition coefficient (Wildman–Crippen LogP) is 3.19. The van der Waals surface area contributed by atoms with E-state index in [1.807, 2.05) is 36.5 Å². The second-order valence-corrected chi connectivity index (χ2v) is 6.48. The van der Waals surface area contributed by atoms with Gasteiger partial charge >= 0.3 is 0 Å². The first-order chi connectivity index (χ1) is 12.2. The molecule has 0 fully saturated rings. The van der Waals surface area contributed by atoms with Gasteiger partial charge < -0.3 is 11.5 Å². The van der Waals surface area contributed by atoms with Gasteiger partial charge in [0.1, 0.15) is 0 Å². The summed E-state index contributed by atoms with van der Waals surface area (Å²) >= 11 is 0. The third-order valence-electron chi connectivity index (χ3n) is 4.79. The average molecular weight is 328 g/mol. The third-order valence-corrected chi connectivity index (χ3v) is 4.79. The number of hydrogen-bond donors (Lipinski definition) is 2. The van der Waals surface area contributed by atoms with Crippen LogP contribution in [0.1, 0.15) is 11.1 Å². The number of rotatable bonds is 3. The van der Waals surface area contributed by atoms with Crippen LogP contribution in [0, 0.1) is 0 Å². The van der Waals surface area contributed by atoms with Crippen molar-refractivity contribution in [2.24, 2.45) is 16.5 Å². The van der Waals surface area contributed by atoms with Gasteiger partial charge in [-0.15, -0.1) is 0 Å². The van der Waals surface area contributed by atoms with Gasteiger partial charge in [-0.05, 0) is 40.8 Å². The molecular weight excluding hydrogens is 308 g/mol. The number of fused-ring (bicyclic) bond motifs is 1. The molecule has 0 amide bonds. The summed E-state index contributed by atoms with van der Waals surface area (Å²) in [6, 6.07) is 20.0. The lowest BCUT2D eigenvalue weighted by atomic mass is 9.77. The van der Waals surface area contributed by atoms with Gasteiger partial charge in [-0.25, -0.2) is 0 Å². The molecule has 4 rings (SSSR count). The zero-order valence-corrected chi connectivity index (χ0v) is 13.8. The maximum atomic E-state index is 6.81. The minimum absolute atomic E-state index is 0.329. The zero-order valence-electron chi connectivity index (χ0n) is 13.8. The molecule has 0 bridgehead atoms. The van der Waals surface area contributed by atoms with Crippen LogP contribution in [-0.2, 0) is 12.0 Å². The molecular formula is C21H20N4. The largest absolute Gasteiger partial charge is 0.321 e. The van der Waals surface area contributed by atoms with Crippen molar-refractivity contribution in [1.29, 1.82) is 0 Å². The minimum Gasteiger partial charge on any atom is -0.321 e. The number of pyridine rings is 1. The molecule has 0 aliphatic carbocycles. The number of benzene rings is 2. The number of nitrogens with two attached hydrogens (primary N) is 2. The second kappa shape index (κ2) is 6.24. The van der Waals surface area contributed by atoms with E-state index < -0.39 is 5.54 Å². The van der Waals surface area contributed by atoms with Gasteiger partial charge in [-0.3, -0.25) is 9.98 Å². The van der Waals surface area contributed by atoms with E-state index in [0.29, 0.717) is 6.42 Å². The Bertz CT molecular complexity index is 920. The molecule has 2 unspecified atom stereocenters. The summed E-state index contributed by atoms with van der Waals surface area (Å²) in [6.45, 7) is 0. The number of para-hydroxylation sites is 1. The lowest BCUT2D eigenvalue weighted by Gasteiger charge is -2.37. The van der Waals surface area contributed by atoms with Gasteiger partial charge in [0.2, 0.25) is 0 Å². The topological polar surface area (TPSA) is 77.3 Å². The molecule has 3 aromatic rings. The summed E-state index contributed by atoms with van der Waals surface area (Å²) in [5, 5.41) is 0. The van der Waals surface area contributed by atoms with Crippen LogP contribution >= 0.6 is 0 Å². The van der Waals surface area contributed by atoms with E-state index in [1.165, 1.54) is 0 Å². The molecule has 1 aliphatic heterocycles. The number of hydrogen-bond acceptors (Lipinski definition) is 4. The highest BCUT2D eigenvalue weighted by molar-refractivity contribution is 5.77. The van der Waals surface area contributed by atoms with Crippen LogP contribution in [0.15, 0.2) is 78.0 Å². The molecule has 4 N–H and O–H groups in total. The Morgan fingerprint density at radius 3 is 2.64 bits per heavy atom. The van der Waals surface area contributed by atoms with Crippen LogP contribution in [0.25, 0.3) is 11.1 Å². The standard InChI is InChI=1S/C21H20N4/c22-20-14-25-19-9-2-1-8-18(19)21(20,23)12-15-5-3-6-16(11-15)17-7-4-10-24-13-17/h1-11,13-14,20H,12,22-23H2. The zero-order chi connectivity index (χ0) is 17.3. The summed E-state index contributed by atoms with van der Waals surface area (Å²) in [4.78, 5) is 8.64. The fourth-order valence-corrected chi connectivity index (χ4v) is 3.40. The van der Waals surface area contributed by atoms with Gasteiger partial charge in [-0.1, -0.05) is 48.5 Å². The highest BCUT2D eigenvalue weighted by atomic mass is 14.9. The van der Waals surface area contributed by atoms with Crippen molar-refractivity contribution in [3.05, 3.63) is 84.2 Å². The van der Waals surface area contributed by atoms with Crippen molar-refractivity contribution < 1.29 is 0 Å². The first-order valence-electron chi connectivity index (χ1n) is 8.34. The Labute approximate surface area is 147 Å². The lowest BCUT2D eigenvalue weighted by molar-refractivity contribution is 0.410. The summed E-state index contributed by atoms with van der Waals surface area (Å²) in [7, 11) is 0. The first kappa shape index (κ1) is 15.7. The molecule has 0 spiro atoms. The van der Waals surface area contributed by atoms with Gasteiger partial charge in [-0.2, -0.15) is 0 Å². The Hall–Kier alpha value is -2.82. The Kier molecular flexibility index (Phi) is 3.92. The van der Waals surface area contributed by atoms with E-state index in [2.05, 4.69) is 40.3 Å². The molecule has 0 radical (unpaired) electrons. The maximum absolute atomic E-state index is 6.81. The smallest absolute Gasteiger partial charge is 0.0677 e. The van der Waals surface area contributed by atoms with Crippen molar-refractivity contribution >= 4 is 11.9 Å². The molecule has 1 aliphatic rings. The molecule has 2 atom stereocenters. The maximum Gasteiger partial charge on any atom is 0.0677 e. The van der Waals surface area contributed by atoms with Crippen LogP contribution < -0.4 is 11.5 Å². The minimum atomic E-state index is -0.675. The van der Waals surface area contributed by atoms with Crippen LogP contribution in [0.2, 0.25) is 0 Å². The van der Waals surface area contributed by atoms with Gasteiger partial charge in [0.15, 0.2) is 0 Å². The van der Waals surface area contributed by atoms with E-state index in [0.717, 1.165) is 27.9 Å². The summed E-state index contributed by atoms with van der Waals surface area (Å²) in [6.07, 6.45) is 6.05. The molecule has 4 heteroatoms. The van der Waals surface area contributed by atoms with Gasteiger partial charge in [0, 0.05) is 18.6 Å². The monoisotopic (exact) mass is 328 g/mol. The van der Waals surface area contributed by atoms with Crippen LogP contribution in [0.5, 0.6) is 0 Å². The summed E-state index contributed by atoms with van der Waals surface area (Å²) in [5.41, 5.74) is 17.7. The van der Waals surface area contributed by atoms with E-state index in [-0.39, 0.29) is 6.04 Å². The first-order valence-corrected chi connectivity index (χ1v) is 8.34. The van der Waals surface area contributed by atoms with Crippen LogP contribution in [-0.4, -0.2) is 17.2 Å². The molecule has 124 valence electrons. The van der Waals surface area contributed by atoms with Crippen molar-refractivity contribution in [1.82, 2.24) is 4.98 Å². The molecule has 4 nitrogen and oxygen atoms in total. The van der Waals surface area contributed by atoms with Crippen molar-refractivity contribution in [2.45, 2.75) is 18.0 Å². The molecule has 1 aromatic heterocycles. The molecule has 2 heterocycles. The van der Waals surface area contributed by atoms with Crippen LogP contribution in [0.3, 0.4) is 0 Å². The quantitative estimate of drug-likeness (QED) is 0.775. The molecule has 0 saturated heterocycles. The van der Waals surface area contributed by atoms with E-state index >= 15 is 0 Å². The van der Waals surface area contributed by atoms with E-state index in [4.69, 9.17) is 11.5 Å². The van der Waals surface area contributed by atoms with Crippen molar-refractivity contribution in [3.8, 4) is 11.1 Å². The molecule has 25 heavy (non-hydrogen) atoms. The Morgan fingerprint density at radius 2 is 1.80 bits per heavy atom. The fraction of sp³-hybridized carbons (Fsp3) is 0.143. The second-order valence-electron chi connectivity index (χ2n) is 6.48. The molecule has 2 aromatic carbocycles. The van der Waals surface area contributed by atoms with Crippen molar-refractivity contribution in [3.63, 3.8) is 0 Å². The summed E-state index contributed by atoms with van der Waals surface area (Å²) < 4.78 is 0. The highest BCUT2D eigenvalue weighted by Crippen LogP contribution is 2.36. The highest BCUT2D eigenvalue weighted by Gasteiger charge is 2.37. The SMILES string of the molecule is NC1C=Nc2ccccc2C1(N)Cc1cccc(-c2cccnc2)c1. The Morgan fingerprint density at radius 1 is 0.960 bits per heavy atom. The van der Waals surface area contributed by atoms with Crippen molar-refractivity contribution in [2.75, 3.05) is 0 Å². The normalized spacial score (nSPS) is 21.8. The number of aromatic nitrogens is 1. The summed E-state index contributed by atoms with van der Waals surface area (Å²) in [5.74, 6) is 0. The Balaban J connectivity index is 1.71. The van der Waals surface area contributed by atoms with E-state index in [1.54, 1.807) is 12.4 Å². The number of nitrogens with zero attached hydrogens (tertiary/aromatic N) is 2.